The van der Waals surface area contributed by atoms with E-state index in [4.69, 9.17) is 0 Å². The van der Waals surface area contributed by atoms with E-state index in [0.717, 1.165) is 29.9 Å². The molecule has 0 radical (unpaired) electrons. The number of rotatable bonds is 3. The van der Waals surface area contributed by atoms with E-state index in [9.17, 15) is 4.79 Å². The molecule has 0 saturated carbocycles. The van der Waals surface area contributed by atoms with Gasteiger partial charge in [-0.1, -0.05) is 18.6 Å². The Bertz CT molecular complexity index is 439. The summed E-state index contributed by atoms with van der Waals surface area (Å²) in [5.74, 6) is 0.800. The molecule has 0 bridgehead atoms. The molecule has 0 spiro atoms. The van der Waals surface area contributed by atoms with Crippen LogP contribution in [0.25, 0.3) is 0 Å². The van der Waals surface area contributed by atoms with Crippen molar-refractivity contribution < 1.29 is 4.79 Å². The Labute approximate surface area is 110 Å². The van der Waals surface area contributed by atoms with Gasteiger partial charge in [-0.3, -0.25) is 9.69 Å². The van der Waals surface area contributed by atoms with Crippen LogP contribution < -0.4 is 0 Å². The minimum Gasteiger partial charge on any atom is -0.299 e. The molecule has 1 fully saturated rings. The normalized spacial score (nSPS) is 20.9. The number of carbonyl (C=O) groups is 1. The summed E-state index contributed by atoms with van der Waals surface area (Å²) in [5, 5.41) is 0. The second-order valence-electron chi connectivity index (χ2n) is 5.74. The summed E-state index contributed by atoms with van der Waals surface area (Å²) in [6, 6.07) is 4.20. The SMILES string of the molecule is Cc1cc(C=O)c(C)c(CN2CCC[C@H](C)C2)c1. The number of likely N-dealkylation sites (tertiary alicyclic amines) is 1. The van der Waals surface area contributed by atoms with E-state index in [1.807, 2.05) is 6.07 Å². The molecule has 0 amide bonds. The zero-order valence-corrected chi connectivity index (χ0v) is 11.7. The van der Waals surface area contributed by atoms with Crippen molar-refractivity contribution in [3.8, 4) is 0 Å². The van der Waals surface area contributed by atoms with Crippen molar-refractivity contribution in [1.29, 1.82) is 0 Å². The average molecular weight is 245 g/mol. The summed E-state index contributed by atoms with van der Waals surface area (Å²) in [6.07, 6.45) is 3.63. The van der Waals surface area contributed by atoms with Crippen LogP contribution in [0.2, 0.25) is 0 Å². The molecule has 98 valence electrons. The Balaban J connectivity index is 2.17. The molecule has 1 aliphatic rings. The van der Waals surface area contributed by atoms with Crippen molar-refractivity contribution >= 4 is 6.29 Å². The molecule has 0 N–H and O–H groups in total. The Morgan fingerprint density at radius 1 is 1.39 bits per heavy atom. The maximum Gasteiger partial charge on any atom is 0.150 e. The monoisotopic (exact) mass is 245 g/mol. The Hall–Kier alpha value is -1.15. The molecule has 1 aliphatic heterocycles. The van der Waals surface area contributed by atoms with E-state index >= 15 is 0 Å². The first-order valence-corrected chi connectivity index (χ1v) is 6.88. The molecule has 2 nitrogen and oxygen atoms in total. The molecule has 2 rings (SSSR count). The van der Waals surface area contributed by atoms with Gasteiger partial charge in [0.2, 0.25) is 0 Å². The smallest absolute Gasteiger partial charge is 0.150 e. The molecule has 1 saturated heterocycles. The first-order chi connectivity index (χ1) is 8.60. The fourth-order valence-electron chi connectivity index (χ4n) is 2.92. The molecule has 18 heavy (non-hydrogen) atoms. The highest BCUT2D eigenvalue weighted by atomic mass is 16.1. The van der Waals surface area contributed by atoms with Gasteiger partial charge in [0.05, 0.1) is 0 Å². The molecule has 0 unspecified atom stereocenters. The minimum atomic E-state index is 0.800. The summed E-state index contributed by atoms with van der Waals surface area (Å²) in [4.78, 5) is 13.6. The van der Waals surface area contributed by atoms with Gasteiger partial charge >= 0.3 is 0 Å². The number of aryl methyl sites for hydroxylation is 1. The lowest BCUT2D eigenvalue weighted by atomic mass is 9.96. The largest absolute Gasteiger partial charge is 0.299 e. The van der Waals surface area contributed by atoms with Gasteiger partial charge in [-0.2, -0.15) is 0 Å². The van der Waals surface area contributed by atoms with E-state index in [1.165, 1.54) is 37.1 Å². The zero-order valence-electron chi connectivity index (χ0n) is 11.7. The lowest BCUT2D eigenvalue weighted by Gasteiger charge is -2.31. The number of hydrogen-bond acceptors (Lipinski definition) is 2. The third-order valence-electron chi connectivity index (χ3n) is 3.96. The Morgan fingerprint density at radius 3 is 2.83 bits per heavy atom. The second kappa shape index (κ2) is 5.66. The van der Waals surface area contributed by atoms with Crippen LogP contribution in [0.5, 0.6) is 0 Å². The third kappa shape index (κ3) is 2.99. The van der Waals surface area contributed by atoms with Crippen LogP contribution in [-0.4, -0.2) is 24.3 Å². The molecule has 1 aromatic rings. The van der Waals surface area contributed by atoms with E-state index in [1.54, 1.807) is 0 Å². The Kier molecular flexibility index (Phi) is 4.18. The van der Waals surface area contributed by atoms with Crippen molar-refractivity contribution in [2.75, 3.05) is 13.1 Å². The third-order valence-corrected chi connectivity index (χ3v) is 3.96. The Morgan fingerprint density at radius 2 is 2.17 bits per heavy atom. The van der Waals surface area contributed by atoms with Crippen molar-refractivity contribution in [1.82, 2.24) is 4.90 Å². The number of aldehydes is 1. The highest BCUT2D eigenvalue weighted by molar-refractivity contribution is 5.78. The summed E-state index contributed by atoms with van der Waals surface area (Å²) in [7, 11) is 0. The van der Waals surface area contributed by atoms with E-state index in [-0.39, 0.29) is 0 Å². The van der Waals surface area contributed by atoms with E-state index in [2.05, 4.69) is 31.7 Å². The van der Waals surface area contributed by atoms with Crippen LogP contribution in [0.4, 0.5) is 0 Å². The molecular formula is C16H23NO. The molecule has 0 aromatic heterocycles. The molecule has 1 atom stereocenters. The van der Waals surface area contributed by atoms with Crippen LogP contribution in [0, 0.1) is 19.8 Å². The summed E-state index contributed by atoms with van der Waals surface area (Å²) < 4.78 is 0. The number of benzene rings is 1. The van der Waals surface area contributed by atoms with Crippen molar-refractivity contribution in [2.45, 2.75) is 40.2 Å². The van der Waals surface area contributed by atoms with Crippen LogP contribution in [0.3, 0.4) is 0 Å². The van der Waals surface area contributed by atoms with Crippen molar-refractivity contribution in [3.05, 3.63) is 34.4 Å². The number of nitrogens with zero attached hydrogens (tertiary/aromatic N) is 1. The van der Waals surface area contributed by atoms with Gasteiger partial charge < -0.3 is 0 Å². The van der Waals surface area contributed by atoms with Crippen molar-refractivity contribution in [2.24, 2.45) is 5.92 Å². The van der Waals surface area contributed by atoms with Gasteiger partial charge in [0.15, 0.2) is 0 Å². The summed E-state index contributed by atoms with van der Waals surface area (Å²) in [6.45, 7) is 9.81. The topological polar surface area (TPSA) is 20.3 Å². The highest BCUT2D eigenvalue weighted by Gasteiger charge is 2.17. The van der Waals surface area contributed by atoms with Crippen LogP contribution in [0.15, 0.2) is 12.1 Å². The van der Waals surface area contributed by atoms with E-state index in [0.29, 0.717) is 0 Å². The molecular weight excluding hydrogens is 222 g/mol. The van der Waals surface area contributed by atoms with Gasteiger partial charge in [0.25, 0.3) is 0 Å². The quantitative estimate of drug-likeness (QED) is 0.761. The van der Waals surface area contributed by atoms with E-state index < -0.39 is 0 Å². The summed E-state index contributed by atoms with van der Waals surface area (Å²) >= 11 is 0. The molecule has 1 aromatic carbocycles. The van der Waals surface area contributed by atoms with Crippen LogP contribution in [0.1, 0.15) is 46.8 Å². The van der Waals surface area contributed by atoms with Crippen LogP contribution >= 0.6 is 0 Å². The number of carbonyl (C=O) groups excluding carboxylic acids is 1. The maximum atomic E-state index is 11.1. The fourth-order valence-corrected chi connectivity index (χ4v) is 2.92. The lowest BCUT2D eigenvalue weighted by molar-refractivity contribution is 0.112. The van der Waals surface area contributed by atoms with Crippen molar-refractivity contribution in [3.63, 3.8) is 0 Å². The lowest BCUT2D eigenvalue weighted by Crippen LogP contribution is -2.34. The standard InChI is InChI=1S/C16H23NO/c1-12-5-4-6-17(9-12)10-15-7-13(2)8-16(11-18)14(15)3/h7-8,11-12H,4-6,9-10H2,1-3H3/t12-/m0/s1. The fraction of sp³-hybridized carbons (Fsp3) is 0.562. The molecule has 1 heterocycles. The molecule has 0 aliphatic carbocycles. The zero-order chi connectivity index (χ0) is 13.1. The average Bonchev–Trinajstić information content (AvgIpc) is 2.33. The van der Waals surface area contributed by atoms with Crippen LogP contribution in [-0.2, 0) is 6.54 Å². The number of hydrogen-bond donors (Lipinski definition) is 0. The predicted octanol–water partition coefficient (Wildman–Crippen LogP) is 3.35. The van der Waals surface area contributed by atoms with Gasteiger partial charge in [0, 0.05) is 18.7 Å². The van der Waals surface area contributed by atoms with Gasteiger partial charge in [0.1, 0.15) is 6.29 Å². The molecule has 2 heteroatoms. The summed E-state index contributed by atoms with van der Waals surface area (Å²) in [5.41, 5.74) is 4.48. The van der Waals surface area contributed by atoms with Gasteiger partial charge in [-0.15, -0.1) is 0 Å². The first-order valence-electron chi connectivity index (χ1n) is 6.88. The second-order valence-corrected chi connectivity index (χ2v) is 5.74. The van der Waals surface area contributed by atoms with Gasteiger partial charge in [-0.25, -0.2) is 0 Å². The first kappa shape index (κ1) is 13.3. The predicted molar refractivity (Wildman–Crippen MR) is 75.0 cm³/mol. The minimum absolute atomic E-state index is 0.800. The number of piperidine rings is 1. The van der Waals surface area contributed by atoms with Gasteiger partial charge in [-0.05, 0) is 56.3 Å². The highest BCUT2D eigenvalue weighted by Crippen LogP contribution is 2.21. The maximum absolute atomic E-state index is 11.1.